The summed E-state index contributed by atoms with van der Waals surface area (Å²) in [7, 11) is -1.59. The monoisotopic (exact) mass is 564 g/mol. The summed E-state index contributed by atoms with van der Waals surface area (Å²) in [6.45, 7) is 4.94. The molecular formula is C21H30ClIN4O2S. The molecule has 0 radical (unpaired) electrons. The first-order valence-corrected chi connectivity index (χ1v) is 11.6. The van der Waals surface area contributed by atoms with Crippen LogP contribution < -0.4 is 15.4 Å². The van der Waals surface area contributed by atoms with Crippen LogP contribution in [0.1, 0.15) is 30.5 Å². The zero-order chi connectivity index (χ0) is 21.3. The van der Waals surface area contributed by atoms with Gasteiger partial charge in [-0.1, -0.05) is 48.0 Å². The smallest absolute Gasteiger partial charge is 0.216 e. The van der Waals surface area contributed by atoms with Crippen LogP contribution in [0.15, 0.2) is 53.5 Å². The summed E-state index contributed by atoms with van der Waals surface area (Å²) >= 11 is 6.01. The Kier molecular flexibility index (Phi) is 11.7. The maximum atomic E-state index is 12.0. The van der Waals surface area contributed by atoms with Crippen LogP contribution in [-0.4, -0.2) is 34.0 Å². The number of nitrogens with one attached hydrogen (secondary N) is 3. The summed E-state index contributed by atoms with van der Waals surface area (Å²) in [6.07, 6.45) is 0.842. The van der Waals surface area contributed by atoms with E-state index in [1.54, 1.807) is 7.05 Å². The van der Waals surface area contributed by atoms with Crippen molar-refractivity contribution in [3.05, 3.63) is 70.2 Å². The van der Waals surface area contributed by atoms with Crippen LogP contribution in [0.25, 0.3) is 0 Å². The molecule has 2 aromatic carbocycles. The second kappa shape index (κ2) is 13.1. The highest BCUT2D eigenvalue weighted by Gasteiger charge is 2.12. The van der Waals surface area contributed by atoms with Crippen LogP contribution >= 0.6 is 35.6 Å². The van der Waals surface area contributed by atoms with E-state index in [1.807, 2.05) is 62.4 Å². The molecule has 0 bridgehead atoms. The van der Waals surface area contributed by atoms with Gasteiger partial charge in [0.25, 0.3) is 0 Å². The van der Waals surface area contributed by atoms with Gasteiger partial charge in [0.2, 0.25) is 10.0 Å². The maximum Gasteiger partial charge on any atom is 0.216 e. The summed E-state index contributed by atoms with van der Waals surface area (Å²) in [6, 6.07) is 15.2. The lowest BCUT2D eigenvalue weighted by Crippen LogP contribution is -2.37. The molecule has 2 rings (SSSR count). The molecular weight excluding hydrogens is 535 g/mol. The van der Waals surface area contributed by atoms with E-state index in [-0.39, 0.29) is 35.8 Å². The lowest BCUT2D eigenvalue weighted by molar-refractivity contribution is 0.569. The molecule has 9 heteroatoms. The first-order valence-electron chi connectivity index (χ1n) is 9.54. The summed E-state index contributed by atoms with van der Waals surface area (Å²) in [5.74, 6) is 0.686. The number of guanidine groups is 1. The fourth-order valence-corrected chi connectivity index (χ4v) is 4.44. The van der Waals surface area contributed by atoms with Gasteiger partial charge in [0.1, 0.15) is 0 Å². The summed E-state index contributed by atoms with van der Waals surface area (Å²) in [4.78, 5) is 4.23. The summed E-state index contributed by atoms with van der Waals surface area (Å²) < 4.78 is 26.6. The van der Waals surface area contributed by atoms with Crippen molar-refractivity contribution in [1.29, 1.82) is 0 Å². The topological polar surface area (TPSA) is 82.6 Å². The van der Waals surface area contributed by atoms with Gasteiger partial charge in [-0.3, -0.25) is 4.99 Å². The molecule has 0 saturated carbocycles. The second-order valence-electron chi connectivity index (χ2n) is 7.08. The number of hydrogen-bond donors (Lipinski definition) is 3. The Bertz CT molecular complexity index is 919. The molecule has 166 valence electrons. The average molecular weight is 565 g/mol. The highest BCUT2D eigenvalue weighted by Crippen LogP contribution is 2.11. The molecule has 0 fully saturated rings. The number of sulfonamides is 1. The van der Waals surface area contributed by atoms with Crippen molar-refractivity contribution in [2.24, 2.45) is 4.99 Å². The number of nitrogens with zero attached hydrogens (tertiary/aromatic N) is 1. The lowest BCUT2D eigenvalue weighted by atomic mass is 10.1. The van der Waals surface area contributed by atoms with Crippen LogP contribution in [0.2, 0.25) is 5.02 Å². The van der Waals surface area contributed by atoms with Gasteiger partial charge in [-0.05, 0) is 49.1 Å². The van der Waals surface area contributed by atoms with Gasteiger partial charge in [-0.2, -0.15) is 0 Å². The molecule has 0 aliphatic rings. The molecule has 0 aliphatic heterocycles. The fourth-order valence-electron chi connectivity index (χ4n) is 2.80. The standard InChI is InChI=1S/C21H29ClN4O2S.HI/c1-16(2)26-29(27,28)15-19-9-7-18(8-10-19)14-25-21(23-3)24-12-11-17-5-4-6-20(22)13-17;/h4-10,13,16,26H,11-12,14-15H2,1-3H3,(H2,23,24,25);1H. The molecule has 2 aromatic rings. The van der Waals surface area contributed by atoms with Crippen LogP contribution in [0.3, 0.4) is 0 Å². The maximum absolute atomic E-state index is 12.0. The molecule has 0 saturated heterocycles. The molecule has 0 unspecified atom stereocenters. The SMILES string of the molecule is CN=C(NCCc1cccc(Cl)c1)NCc1ccc(CS(=O)(=O)NC(C)C)cc1.I. The molecule has 0 aromatic heterocycles. The molecule has 0 aliphatic carbocycles. The van der Waals surface area contributed by atoms with E-state index in [0.29, 0.717) is 12.5 Å². The third-order valence-electron chi connectivity index (χ3n) is 4.07. The van der Waals surface area contributed by atoms with E-state index in [1.165, 1.54) is 0 Å². The predicted molar refractivity (Wildman–Crippen MR) is 136 cm³/mol. The lowest BCUT2D eigenvalue weighted by Gasteiger charge is -2.13. The highest BCUT2D eigenvalue weighted by molar-refractivity contribution is 14.0. The molecule has 0 amide bonds. The Morgan fingerprint density at radius 3 is 2.30 bits per heavy atom. The minimum Gasteiger partial charge on any atom is -0.356 e. The number of aliphatic imine (C=N–C) groups is 1. The van der Waals surface area contributed by atoms with Crippen molar-refractivity contribution in [3.8, 4) is 0 Å². The number of benzene rings is 2. The number of rotatable bonds is 9. The van der Waals surface area contributed by atoms with Crippen molar-refractivity contribution in [2.45, 2.75) is 38.6 Å². The van der Waals surface area contributed by atoms with Gasteiger partial charge in [0.05, 0.1) is 5.75 Å². The predicted octanol–water partition coefficient (Wildman–Crippen LogP) is 3.69. The highest BCUT2D eigenvalue weighted by atomic mass is 127. The molecule has 30 heavy (non-hydrogen) atoms. The van der Waals surface area contributed by atoms with E-state index in [9.17, 15) is 8.42 Å². The van der Waals surface area contributed by atoms with Crippen molar-refractivity contribution in [3.63, 3.8) is 0 Å². The Hall–Kier alpha value is -1.36. The Morgan fingerprint density at radius 2 is 1.70 bits per heavy atom. The van der Waals surface area contributed by atoms with E-state index in [0.717, 1.165) is 34.7 Å². The van der Waals surface area contributed by atoms with Crippen LogP contribution in [0.4, 0.5) is 0 Å². The molecule has 0 heterocycles. The zero-order valence-electron chi connectivity index (χ0n) is 17.5. The molecule has 3 N–H and O–H groups in total. The third-order valence-corrected chi connectivity index (χ3v) is 5.85. The average Bonchev–Trinajstić information content (AvgIpc) is 2.64. The van der Waals surface area contributed by atoms with Gasteiger partial charge in [0, 0.05) is 31.2 Å². The normalized spacial score (nSPS) is 11.8. The van der Waals surface area contributed by atoms with Crippen molar-refractivity contribution >= 4 is 51.6 Å². The van der Waals surface area contributed by atoms with Gasteiger partial charge in [0.15, 0.2) is 5.96 Å². The van der Waals surface area contributed by atoms with E-state index in [2.05, 4.69) is 20.3 Å². The van der Waals surface area contributed by atoms with Crippen LogP contribution in [0.5, 0.6) is 0 Å². The van der Waals surface area contributed by atoms with E-state index >= 15 is 0 Å². The Balaban J connectivity index is 0.00000450. The van der Waals surface area contributed by atoms with Gasteiger partial charge in [-0.25, -0.2) is 13.1 Å². The zero-order valence-corrected chi connectivity index (χ0v) is 21.4. The van der Waals surface area contributed by atoms with E-state index < -0.39 is 10.0 Å². The number of halogens is 2. The Morgan fingerprint density at radius 1 is 1.03 bits per heavy atom. The number of hydrogen-bond acceptors (Lipinski definition) is 3. The third kappa shape index (κ3) is 10.1. The first-order chi connectivity index (χ1) is 13.8. The quantitative estimate of drug-likeness (QED) is 0.247. The minimum absolute atomic E-state index is 0. The molecule has 6 nitrogen and oxygen atoms in total. The first kappa shape index (κ1) is 26.7. The second-order valence-corrected chi connectivity index (χ2v) is 9.27. The van der Waals surface area contributed by atoms with Crippen molar-refractivity contribution < 1.29 is 8.42 Å². The van der Waals surface area contributed by atoms with Crippen molar-refractivity contribution in [2.75, 3.05) is 13.6 Å². The van der Waals surface area contributed by atoms with E-state index in [4.69, 9.17) is 11.6 Å². The Labute approximate surface area is 202 Å². The van der Waals surface area contributed by atoms with Crippen molar-refractivity contribution in [1.82, 2.24) is 15.4 Å². The molecule has 0 atom stereocenters. The van der Waals surface area contributed by atoms with Crippen LogP contribution in [-0.2, 0) is 28.7 Å². The minimum atomic E-state index is -3.32. The fraction of sp³-hybridized carbons (Fsp3) is 0.381. The summed E-state index contributed by atoms with van der Waals surface area (Å²) in [5, 5.41) is 7.27. The summed E-state index contributed by atoms with van der Waals surface area (Å²) in [5.41, 5.74) is 2.96. The van der Waals surface area contributed by atoms with Gasteiger partial charge in [-0.15, -0.1) is 24.0 Å². The molecule has 0 spiro atoms. The van der Waals surface area contributed by atoms with Crippen LogP contribution in [0, 0.1) is 0 Å². The van der Waals surface area contributed by atoms with Gasteiger partial charge < -0.3 is 10.6 Å². The van der Waals surface area contributed by atoms with Gasteiger partial charge >= 0.3 is 0 Å². The largest absolute Gasteiger partial charge is 0.356 e.